The van der Waals surface area contributed by atoms with Crippen LogP contribution in [0.3, 0.4) is 0 Å². The maximum absolute atomic E-state index is 5.46. The third kappa shape index (κ3) is 2.01. The van der Waals surface area contributed by atoms with Crippen LogP contribution < -0.4 is 4.74 Å². The van der Waals surface area contributed by atoms with Gasteiger partial charge in [-0.1, -0.05) is 17.7 Å². The molecule has 0 unspecified atom stereocenters. The molecular weight excluding hydrogens is 188 g/mol. The Kier molecular flexibility index (Phi) is 2.72. The van der Waals surface area contributed by atoms with Crippen molar-refractivity contribution in [2.75, 3.05) is 6.61 Å². The lowest BCUT2D eigenvalue weighted by Gasteiger charge is -2.07. The van der Waals surface area contributed by atoms with E-state index < -0.39 is 0 Å². The molecule has 0 aliphatic carbocycles. The van der Waals surface area contributed by atoms with E-state index in [-0.39, 0.29) is 0 Å². The highest BCUT2D eigenvalue weighted by Crippen LogP contribution is 2.17. The fourth-order valence-electron chi connectivity index (χ4n) is 1.43. The number of rotatable bonds is 3. The standard InChI is InChI=1S/C12H14N2O/c1-3-15-12-8-9-13-14(12)11-6-4-10(2)5-7-11/h4-9H,3H2,1-2H3. The Bertz CT molecular complexity index is 431. The summed E-state index contributed by atoms with van der Waals surface area (Å²) < 4.78 is 7.26. The molecule has 0 spiro atoms. The van der Waals surface area contributed by atoms with Gasteiger partial charge in [0, 0.05) is 6.07 Å². The smallest absolute Gasteiger partial charge is 0.216 e. The van der Waals surface area contributed by atoms with E-state index in [2.05, 4.69) is 24.2 Å². The predicted molar refractivity (Wildman–Crippen MR) is 59.5 cm³/mol. The Balaban J connectivity index is 2.36. The van der Waals surface area contributed by atoms with E-state index in [9.17, 15) is 0 Å². The van der Waals surface area contributed by atoms with Crippen LogP contribution in [0.15, 0.2) is 36.5 Å². The summed E-state index contributed by atoms with van der Waals surface area (Å²) in [7, 11) is 0. The second-order valence-corrected chi connectivity index (χ2v) is 3.35. The van der Waals surface area contributed by atoms with Crippen LogP contribution in [-0.2, 0) is 0 Å². The van der Waals surface area contributed by atoms with Crippen molar-refractivity contribution >= 4 is 0 Å². The van der Waals surface area contributed by atoms with Crippen molar-refractivity contribution < 1.29 is 4.74 Å². The zero-order valence-corrected chi connectivity index (χ0v) is 8.97. The topological polar surface area (TPSA) is 27.1 Å². The Morgan fingerprint density at radius 3 is 2.60 bits per heavy atom. The first-order valence-electron chi connectivity index (χ1n) is 5.05. The number of ether oxygens (including phenoxy) is 1. The lowest BCUT2D eigenvalue weighted by Crippen LogP contribution is -2.02. The highest BCUT2D eigenvalue weighted by atomic mass is 16.5. The van der Waals surface area contributed by atoms with Gasteiger partial charge in [-0.3, -0.25) is 0 Å². The fourth-order valence-corrected chi connectivity index (χ4v) is 1.43. The first kappa shape index (κ1) is 9.77. The van der Waals surface area contributed by atoms with Crippen molar-refractivity contribution in [3.63, 3.8) is 0 Å². The van der Waals surface area contributed by atoms with E-state index in [0.717, 1.165) is 11.6 Å². The number of aryl methyl sites for hydroxylation is 1. The van der Waals surface area contributed by atoms with Crippen molar-refractivity contribution in [1.29, 1.82) is 0 Å². The van der Waals surface area contributed by atoms with E-state index in [1.165, 1.54) is 5.56 Å². The first-order valence-corrected chi connectivity index (χ1v) is 5.05. The van der Waals surface area contributed by atoms with Gasteiger partial charge in [0.1, 0.15) is 0 Å². The highest BCUT2D eigenvalue weighted by molar-refractivity contribution is 5.36. The minimum Gasteiger partial charge on any atom is -0.478 e. The van der Waals surface area contributed by atoms with E-state index in [1.54, 1.807) is 10.9 Å². The molecule has 15 heavy (non-hydrogen) atoms. The summed E-state index contributed by atoms with van der Waals surface area (Å²) in [6, 6.07) is 10.1. The SMILES string of the molecule is CCOc1ccnn1-c1ccc(C)cc1. The molecule has 0 saturated carbocycles. The summed E-state index contributed by atoms with van der Waals surface area (Å²) in [5.41, 5.74) is 2.26. The fraction of sp³-hybridized carbons (Fsp3) is 0.250. The summed E-state index contributed by atoms with van der Waals surface area (Å²) in [6.45, 7) is 4.68. The van der Waals surface area contributed by atoms with Crippen molar-refractivity contribution in [2.24, 2.45) is 0 Å². The molecule has 0 atom stereocenters. The third-order valence-electron chi connectivity index (χ3n) is 2.18. The summed E-state index contributed by atoms with van der Waals surface area (Å²) in [5.74, 6) is 0.779. The molecule has 0 amide bonds. The largest absolute Gasteiger partial charge is 0.478 e. The van der Waals surface area contributed by atoms with E-state index >= 15 is 0 Å². The minimum atomic E-state index is 0.650. The van der Waals surface area contributed by atoms with Crippen LogP contribution in [0.4, 0.5) is 0 Å². The van der Waals surface area contributed by atoms with E-state index in [1.807, 2.05) is 25.1 Å². The summed E-state index contributed by atoms with van der Waals surface area (Å²) in [5, 5.41) is 4.23. The number of benzene rings is 1. The van der Waals surface area contributed by atoms with Gasteiger partial charge in [0.2, 0.25) is 5.88 Å². The van der Waals surface area contributed by atoms with Gasteiger partial charge in [-0.25, -0.2) is 4.68 Å². The van der Waals surface area contributed by atoms with Crippen LogP contribution in [0, 0.1) is 6.92 Å². The predicted octanol–water partition coefficient (Wildman–Crippen LogP) is 2.58. The van der Waals surface area contributed by atoms with Gasteiger partial charge in [0.05, 0.1) is 18.5 Å². The Morgan fingerprint density at radius 2 is 1.93 bits per heavy atom. The monoisotopic (exact) mass is 202 g/mol. The van der Waals surface area contributed by atoms with Crippen molar-refractivity contribution in [3.8, 4) is 11.6 Å². The van der Waals surface area contributed by atoms with Crippen LogP contribution >= 0.6 is 0 Å². The second-order valence-electron chi connectivity index (χ2n) is 3.35. The molecule has 0 fully saturated rings. The summed E-state index contributed by atoms with van der Waals surface area (Å²) >= 11 is 0. The Hall–Kier alpha value is -1.77. The van der Waals surface area contributed by atoms with Gasteiger partial charge in [0.15, 0.2) is 0 Å². The molecule has 0 aliphatic rings. The van der Waals surface area contributed by atoms with Crippen molar-refractivity contribution in [3.05, 3.63) is 42.1 Å². The average Bonchev–Trinajstić information content (AvgIpc) is 2.68. The highest BCUT2D eigenvalue weighted by Gasteiger charge is 2.04. The van der Waals surface area contributed by atoms with Gasteiger partial charge >= 0.3 is 0 Å². The number of hydrogen-bond donors (Lipinski definition) is 0. The molecule has 3 heteroatoms. The van der Waals surface area contributed by atoms with Crippen LogP contribution in [0.1, 0.15) is 12.5 Å². The van der Waals surface area contributed by atoms with Crippen LogP contribution in [-0.4, -0.2) is 16.4 Å². The number of aromatic nitrogens is 2. The molecule has 0 bridgehead atoms. The minimum absolute atomic E-state index is 0.650. The van der Waals surface area contributed by atoms with Gasteiger partial charge in [-0.2, -0.15) is 5.10 Å². The zero-order valence-electron chi connectivity index (χ0n) is 8.97. The average molecular weight is 202 g/mol. The van der Waals surface area contributed by atoms with Gasteiger partial charge in [0.25, 0.3) is 0 Å². The quantitative estimate of drug-likeness (QED) is 0.764. The molecule has 0 radical (unpaired) electrons. The number of nitrogens with zero attached hydrogens (tertiary/aromatic N) is 2. The maximum atomic E-state index is 5.46. The van der Waals surface area contributed by atoms with Crippen LogP contribution in [0.2, 0.25) is 0 Å². The molecule has 1 aromatic heterocycles. The lowest BCUT2D eigenvalue weighted by molar-refractivity contribution is 0.316. The third-order valence-corrected chi connectivity index (χ3v) is 2.18. The molecule has 78 valence electrons. The van der Waals surface area contributed by atoms with E-state index in [0.29, 0.717) is 6.61 Å². The molecule has 0 N–H and O–H groups in total. The Morgan fingerprint density at radius 1 is 1.20 bits per heavy atom. The molecule has 1 aromatic carbocycles. The maximum Gasteiger partial charge on any atom is 0.216 e. The van der Waals surface area contributed by atoms with Crippen molar-refractivity contribution in [1.82, 2.24) is 9.78 Å². The zero-order chi connectivity index (χ0) is 10.7. The molecule has 2 aromatic rings. The van der Waals surface area contributed by atoms with Crippen LogP contribution in [0.25, 0.3) is 5.69 Å². The molecule has 3 nitrogen and oxygen atoms in total. The summed E-state index contributed by atoms with van der Waals surface area (Å²) in [4.78, 5) is 0. The second kappa shape index (κ2) is 4.17. The Labute approximate surface area is 89.3 Å². The van der Waals surface area contributed by atoms with Gasteiger partial charge < -0.3 is 4.74 Å². The van der Waals surface area contributed by atoms with Gasteiger partial charge in [-0.15, -0.1) is 0 Å². The molecule has 0 saturated heterocycles. The molecule has 1 heterocycles. The first-order chi connectivity index (χ1) is 7.31. The van der Waals surface area contributed by atoms with Crippen LogP contribution in [0.5, 0.6) is 5.88 Å². The lowest BCUT2D eigenvalue weighted by atomic mass is 10.2. The van der Waals surface area contributed by atoms with Crippen molar-refractivity contribution in [2.45, 2.75) is 13.8 Å². The van der Waals surface area contributed by atoms with E-state index in [4.69, 9.17) is 4.74 Å². The normalized spacial score (nSPS) is 10.3. The number of hydrogen-bond acceptors (Lipinski definition) is 2. The molecular formula is C12H14N2O. The molecule has 0 aliphatic heterocycles. The molecule has 2 rings (SSSR count). The van der Waals surface area contributed by atoms with Gasteiger partial charge in [-0.05, 0) is 26.0 Å². The summed E-state index contributed by atoms with van der Waals surface area (Å²) in [6.07, 6.45) is 1.74.